The molecule has 4 N–H and O–H groups in total. The molecule has 1 fully saturated rings. The molecule has 0 unspecified atom stereocenters. The quantitative estimate of drug-likeness (QED) is 0.635. The van der Waals surface area contributed by atoms with Gasteiger partial charge in [0.2, 0.25) is 0 Å². The Morgan fingerprint density at radius 2 is 1.92 bits per heavy atom. The molecule has 5 nitrogen and oxygen atoms in total. The monoisotopic (exact) mass is 375 g/mol. The highest BCUT2D eigenvalue weighted by Crippen LogP contribution is 2.50. The Morgan fingerprint density at radius 3 is 2.65 bits per heavy atom. The fourth-order valence-electron chi connectivity index (χ4n) is 3.94. The molecule has 1 aliphatic carbocycles. The summed E-state index contributed by atoms with van der Waals surface area (Å²) < 4.78 is 20.1. The molecular formula is C19H19ClFN3O2. The van der Waals surface area contributed by atoms with Crippen LogP contribution in [0.2, 0.25) is 5.02 Å². The number of ether oxygens (including phenoxy) is 1. The summed E-state index contributed by atoms with van der Waals surface area (Å²) in [6.45, 7) is 0. The maximum atomic E-state index is 14.2. The summed E-state index contributed by atoms with van der Waals surface area (Å²) in [5.41, 5.74) is 6.80. The van der Waals surface area contributed by atoms with E-state index in [1.54, 1.807) is 18.2 Å². The zero-order valence-electron chi connectivity index (χ0n) is 14.1. The summed E-state index contributed by atoms with van der Waals surface area (Å²) in [7, 11) is 0. The second-order valence-electron chi connectivity index (χ2n) is 6.78. The first-order chi connectivity index (χ1) is 12.5. The van der Waals surface area contributed by atoms with Crippen molar-refractivity contribution >= 4 is 29.0 Å². The van der Waals surface area contributed by atoms with Crippen LogP contribution in [0.4, 0.5) is 20.6 Å². The lowest BCUT2D eigenvalue weighted by Gasteiger charge is -2.43. The van der Waals surface area contributed by atoms with E-state index in [1.165, 1.54) is 12.1 Å². The van der Waals surface area contributed by atoms with Crippen LogP contribution in [-0.4, -0.2) is 6.03 Å². The summed E-state index contributed by atoms with van der Waals surface area (Å²) >= 11 is 6.35. The van der Waals surface area contributed by atoms with Gasteiger partial charge in [0.15, 0.2) is 11.6 Å². The van der Waals surface area contributed by atoms with Crippen molar-refractivity contribution in [2.75, 3.05) is 11.1 Å². The van der Waals surface area contributed by atoms with E-state index >= 15 is 0 Å². The van der Waals surface area contributed by atoms with Crippen molar-refractivity contribution in [3.63, 3.8) is 0 Å². The minimum absolute atomic E-state index is 0.0279. The van der Waals surface area contributed by atoms with E-state index in [0.29, 0.717) is 16.5 Å². The fourth-order valence-corrected chi connectivity index (χ4v) is 4.14. The molecule has 26 heavy (non-hydrogen) atoms. The van der Waals surface area contributed by atoms with Gasteiger partial charge >= 0.3 is 6.03 Å². The van der Waals surface area contributed by atoms with Gasteiger partial charge in [0, 0.05) is 5.56 Å². The van der Waals surface area contributed by atoms with Gasteiger partial charge in [0.25, 0.3) is 0 Å². The average Bonchev–Trinajstić information content (AvgIpc) is 2.61. The van der Waals surface area contributed by atoms with E-state index in [0.717, 1.165) is 37.7 Å². The number of amides is 2. The van der Waals surface area contributed by atoms with Crippen LogP contribution in [0.25, 0.3) is 0 Å². The number of anilines is 2. The molecule has 2 amide bonds. The molecule has 4 rings (SSSR count). The van der Waals surface area contributed by atoms with Gasteiger partial charge in [-0.15, -0.1) is 0 Å². The van der Waals surface area contributed by atoms with Crippen molar-refractivity contribution in [2.24, 2.45) is 0 Å². The molecule has 1 spiro atoms. The minimum atomic E-state index is -0.573. The Bertz CT molecular complexity index is 861. The molecule has 136 valence electrons. The summed E-state index contributed by atoms with van der Waals surface area (Å²) in [5, 5.41) is 6.25. The highest BCUT2D eigenvalue weighted by molar-refractivity contribution is 6.34. The second-order valence-corrected chi connectivity index (χ2v) is 7.18. The highest BCUT2D eigenvalue weighted by Gasteiger charge is 2.43. The van der Waals surface area contributed by atoms with Crippen molar-refractivity contribution in [1.29, 1.82) is 0 Å². The van der Waals surface area contributed by atoms with E-state index < -0.39 is 11.4 Å². The molecule has 2 aliphatic rings. The zero-order chi connectivity index (χ0) is 18.3. The predicted octanol–water partition coefficient (Wildman–Crippen LogP) is 5.15. The number of benzene rings is 2. The molecule has 0 saturated heterocycles. The third-order valence-corrected chi connectivity index (χ3v) is 5.42. The summed E-state index contributed by atoms with van der Waals surface area (Å²) in [4.78, 5) is 12.2. The van der Waals surface area contributed by atoms with E-state index in [4.69, 9.17) is 22.1 Å². The number of hydrogen-bond donors (Lipinski definition) is 3. The normalized spacial score (nSPS) is 18.0. The summed E-state index contributed by atoms with van der Waals surface area (Å²) in [6, 6.07) is 7.45. The number of halogens is 2. The number of rotatable bonds is 2. The number of carbonyl (C=O) groups excluding carboxylic acids is 1. The molecule has 2 aromatic rings. The van der Waals surface area contributed by atoms with Gasteiger partial charge in [-0.1, -0.05) is 36.9 Å². The standard InChI is InChI=1S/C19H19ClFN3O2/c20-11-7-8-14(26-17-12(21)5-4-6-13(17)22)15-16(11)23-18(25)24-19(15)9-2-1-3-10-19/h4-8H,1-3,9-10,22H2,(H2,23,24,25). The van der Waals surface area contributed by atoms with E-state index in [-0.39, 0.29) is 17.5 Å². The van der Waals surface area contributed by atoms with E-state index in [2.05, 4.69) is 10.6 Å². The lowest BCUT2D eigenvalue weighted by Crippen LogP contribution is -2.52. The maximum Gasteiger partial charge on any atom is 0.319 e. The Morgan fingerprint density at radius 1 is 1.15 bits per heavy atom. The van der Waals surface area contributed by atoms with Gasteiger partial charge in [-0.3, -0.25) is 0 Å². The Labute approximate surface area is 155 Å². The lowest BCUT2D eigenvalue weighted by atomic mass is 9.74. The molecule has 0 bridgehead atoms. The summed E-state index contributed by atoms with van der Waals surface area (Å²) in [5.74, 6) is -0.130. The third-order valence-electron chi connectivity index (χ3n) is 5.10. The highest BCUT2D eigenvalue weighted by atomic mass is 35.5. The zero-order valence-corrected chi connectivity index (χ0v) is 14.8. The van der Waals surface area contributed by atoms with Crippen LogP contribution in [0.3, 0.4) is 0 Å². The third kappa shape index (κ3) is 2.74. The summed E-state index contributed by atoms with van der Waals surface area (Å²) in [6.07, 6.45) is 4.62. The van der Waals surface area contributed by atoms with Crippen LogP contribution >= 0.6 is 11.6 Å². The molecule has 1 saturated carbocycles. The number of carbonyl (C=O) groups is 1. The molecule has 1 aliphatic heterocycles. The van der Waals surface area contributed by atoms with Gasteiger partial charge in [-0.25, -0.2) is 9.18 Å². The molecular weight excluding hydrogens is 357 g/mol. The number of nitrogens with one attached hydrogen (secondary N) is 2. The fraction of sp³-hybridized carbons (Fsp3) is 0.316. The molecule has 0 radical (unpaired) electrons. The predicted molar refractivity (Wildman–Crippen MR) is 99.3 cm³/mol. The SMILES string of the molecule is Nc1cccc(F)c1Oc1ccc(Cl)c2c1C1(CCCCC1)NC(=O)N2. The second kappa shape index (κ2) is 6.36. The van der Waals surface area contributed by atoms with Crippen LogP contribution in [0, 0.1) is 5.82 Å². The van der Waals surface area contributed by atoms with E-state index in [1.807, 2.05) is 0 Å². The van der Waals surface area contributed by atoms with Crippen molar-refractivity contribution < 1.29 is 13.9 Å². The van der Waals surface area contributed by atoms with Crippen LogP contribution in [0.1, 0.15) is 37.7 Å². The van der Waals surface area contributed by atoms with Gasteiger partial charge < -0.3 is 21.1 Å². The smallest absolute Gasteiger partial charge is 0.319 e. The Balaban J connectivity index is 1.87. The van der Waals surface area contributed by atoms with Crippen LogP contribution in [0.15, 0.2) is 30.3 Å². The van der Waals surface area contributed by atoms with Crippen molar-refractivity contribution in [3.05, 3.63) is 46.7 Å². The molecule has 2 aromatic carbocycles. The van der Waals surface area contributed by atoms with Crippen LogP contribution in [-0.2, 0) is 5.54 Å². The molecule has 1 heterocycles. The average molecular weight is 376 g/mol. The van der Waals surface area contributed by atoms with Crippen molar-refractivity contribution in [2.45, 2.75) is 37.6 Å². The molecule has 0 atom stereocenters. The molecule has 0 aromatic heterocycles. The lowest BCUT2D eigenvalue weighted by molar-refractivity contribution is 0.206. The van der Waals surface area contributed by atoms with Crippen molar-refractivity contribution in [3.8, 4) is 11.5 Å². The number of fused-ring (bicyclic) bond motifs is 2. The first kappa shape index (κ1) is 17.0. The van der Waals surface area contributed by atoms with Gasteiger partial charge in [-0.05, 0) is 37.1 Å². The Hall–Kier alpha value is -2.47. The number of nitrogens with two attached hydrogens (primary N) is 1. The number of hydrogen-bond acceptors (Lipinski definition) is 3. The minimum Gasteiger partial charge on any atom is -0.452 e. The maximum absolute atomic E-state index is 14.2. The van der Waals surface area contributed by atoms with Gasteiger partial charge in [0.1, 0.15) is 5.75 Å². The van der Waals surface area contributed by atoms with Crippen LogP contribution < -0.4 is 21.1 Å². The first-order valence-electron chi connectivity index (χ1n) is 8.64. The van der Waals surface area contributed by atoms with Gasteiger partial charge in [-0.2, -0.15) is 0 Å². The number of nitrogen functional groups attached to an aromatic ring is 1. The number of para-hydroxylation sites is 1. The molecule has 7 heteroatoms. The van der Waals surface area contributed by atoms with Gasteiger partial charge in [0.05, 0.1) is 21.9 Å². The van der Waals surface area contributed by atoms with Crippen LogP contribution in [0.5, 0.6) is 11.5 Å². The largest absolute Gasteiger partial charge is 0.452 e. The first-order valence-corrected chi connectivity index (χ1v) is 9.02. The van der Waals surface area contributed by atoms with Crippen molar-refractivity contribution in [1.82, 2.24) is 5.32 Å². The number of urea groups is 1. The Kier molecular flexibility index (Phi) is 4.15. The topological polar surface area (TPSA) is 76.4 Å². The van der Waals surface area contributed by atoms with E-state index in [9.17, 15) is 9.18 Å².